The summed E-state index contributed by atoms with van der Waals surface area (Å²) in [5.41, 5.74) is 2.12. The Balaban J connectivity index is 1.87. The molecule has 0 heterocycles. The fraction of sp³-hybridized carbons (Fsp3) is 0.316. The lowest BCUT2D eigenvalue weighted by atomic mass is 10.2. The van der Waals surface area contributed by atoms with Crippen LogP contribution < -0.4 is 14.8 Å². The largest absolute Gasteiger partial charge is 0.497 e. The van der Waals surface area contributed by atoms with Gasteiger partial charge in [-0.15, -0.1) is 0 Å². The smallest absolute Gasteiger partial charge is 0.119 e. The highest BCUT2D eigenvalue weighted by Crippen LogP contribution is 2.14. The lowest BCUT2D eigenvalue weighted by molar-refractivity contribution is 0.309. The van der Waals surface area contributed by atoms with Crippen molar-refractivity contribution in [2.75, 3.05) is 13.7 Å². The van der Waals surface area contributed by atoms with E-state index in [1.807, 2.05) is 48.5 Å². The second-order valence-corrected chi connectivity index (χ2v) is 5.67. The fourth-order valence-corrected chi connectivity index (χ4v) is 2.31. The molecular weight excluding hydrogens is 306 g/mol. The topological polar surface area (TPSA) is 30.5 Å². The van der Waals surface area contributed by atoms with Gasteiger partial charge in [0.2, 0.25) is 0 Å². The standard InChI is InChI=1S/C19H23NO2S/c1-3-4-12-22-17-10-8-16(9-11-17)19(23)20-14-15-6-5-7-18(13-15)21-2/h5-11,13H,3-4,12,14H2,1-2H3,(H,20,23). The van der Waals surface area contributed by atoms with Crippen LogP contribution in [-0.4, -0.2) is 18.7 Å². The molecule has 0 aliphatic rings. The number of nitrogens with one attached hydrogen (secondary N) is 1. The van der Waals surface area contributed by atoms with Crippen molar-refractivity contribution in [2.24, 2.45) is 0 Å². The normalized spacial score (nSPS) is 10.2. The van der Waals surface area contributed by atoms with Gasteiger partial charge in [0.05, 0.1) is 13.7 Å². The molecule has 0 aromatic heterocycles. The SMILES string of the molecule is CCCCOc1ccc(C(=S)NCc2cccc(OC)c2)cc1. The molecule has 0 aliphatic heterocycles. The van der Waals surface area contributed by atoms with Gasteiger partial charge in [0.15, 0.2) is 0 Å². The van der Waals surface area contributed by atoms with Crippen LogP contribution in [0.1, 0.15) is 30.9 Å². The molecule has 23 heavy (non-hydrogen) atoms. The van der Waals surface area contributed by atoms with E-state index in [4.69, 9.17) is 21.7 Å². The van der Waals surface area contributed by atoms with Crippen molar-refractivity contribution in [3.8, 4) is 11.5 Å². The van der Waals surface area contributed by atoms with Gasteiger partial charge in [0, 0.05) is 12.1 Å². The minimum absolute atomic E-state index is 0.671. The summed E-state index contributed by atoms with van der Waals surface area (Å²) < 4.78 is 10.9. The van der Waals surface area contributed by atoms with Gasteiger partial charge in [-0.1, -0.05) is 37.7 Å². The average molecular weight is 329 g/mol. The Morgan fingerprint density at radius 3 is 2.57 bits per heavy atom. The van der Waals surface area contributed by atoms with Crippen molar-refractivity contribution in [3.05, 3.63) is 59.7 Å². The lowest BCUT2D eigenvalue weighted by Gasteiger charge is -2.10. The van der Waals surface area contributed by atoms with E-state index < -0.39 is 0 Å². The maximum absolute atomic E-state index is 5.66. The third kappa shape index (κ3) is 5.57. The summed E-state index contributed by atoms with van der Waals surface area (Å²) in [7, 11) is 1.67. The second-order valence-electron chi connectivity index (χ2n) is 5.26. The van der Waals surface area contributed by atoms with E-state index >= 15 is 0 Å². The summed E-state index contributed by atoms with van der Waals surface area (Å²) >= 11 is 5.45. The fourth-order valence-electron chi connectivity index (χ4n) is 2.10. The van der Waals surface area contributed by atoms with Gasteiger partial charge >= 0.3 is 0 Å². The van der Waals surface area contributed by atoms with Gasteiger partial charge < -0.3 is 14.8 Å². The molecule has 0 atom stereocenters. The molecule has 0 bridgehead atoms. The Morgan fingerprint density at radius 1 is 1.09 bits per heavy atom. The van der Waals surface area contributed by atoms with Crippen molar-refractivity contribution >= 4 is 17.2 Å². The van der Waals surface area contributed by atoms with Crippen LogP contribution in [0.15, 0.2) is 48.5 Å². The number of ether oxygens (including phenoxy) is 2. The zero-order chi connectivity index (χ0) is 16.5. The van der Waals surface area contributed by atoms with Gasteiger partial charge in [-0.3, -0.25) is 0 Å². The number of unbranched alkanes of at least 4 members (excludes halogenated alkanes) is 1. The zero-order valence-corrected chi connectivity index (χ0v) is 14.5. The molecule has 2 aromatic rings. The maximum atomic E-state index is 5.66. The molecule has 0 unspecified atom stereocenters. The van der Waals surface area contributed by atoms with Gasteiger partial charge in [0.25, 0.3) is 0 Å². The van der Waals surface area contributed by atoms with Crippen LogP contribution in [0.25, 0.3) is 0 Å². The van der Waals surface area contributed by atoms with Crippen LogP contribution in [0.5, 0.6) is 11.5 Å². The summed E-state index contributed by atoms with van der Waals surface area (Å²) in [6, 6.07) is 15.9. The van der Waals surface area contributed by atoms with Crippen molar-refractivity contribution in [3.63, 3.8) is 0 Å². The molecule has 0 amide bonds. The number of thiocarbonyl (C=S) groups is 1. The Bertz CT molecular complexity index is 626. The number of methoxy groups -OCH3 is 1. The van der Waals surface area contributed by atoms with E-state index in [-0.39, 0.29) is 0 Å². The predicted octanol–water partition coefficient (Wildman–Crippen LogP) is 4.34. The van der Waals surface area contributed by atoms with Gasteiger partial charge in [-0.25, -0.2) is 0 Å². The molecule has 0 aliphatic carbocycles. The van der Waals surface area contributed by atoms with E-state index in [9.17, 15) is 0 Å². The van der Waals surface area contributed by atoms with Gasteiger partial charge in [0.1, 0.15) is 16.5 Å². The van der Waals surface area contributed by atoms with Crippen molar-refractivity contribution in [2.45, 2.75) is 26.3 Å². The highest BCUT2D eigenvalue weighted by molar-refractivity contribution is 7.80. The Morgan fingerprint density at radius 2 is 1.87 bits per heavy atom. The number of benzene rings is 2. The van der Waals surface area contributed by atoms with Gasteiger partial charge in [-0.2, -0.15) is 0 Å². The average Bonchev–Trinajstić information content (AvgIpc) is 2.60. The molecular formula is C19H23NO2S. The Hall–Kier alpha value is -2.07. The molecule has 2 aromatic carbocycles. The second kappa shape index (κ2) is 9.16. The summed E-state index contributed by atoms with van der Waals surface area (Å²) in [5, 5.41) is 3.27. The third-order valence-corrected chi connectivity index (χ3v) is 3.85. The van der Waals surface area contributed by atoms with E-state index in [1.165, 1.54) is 0 Å². The monoisotopic (exact) mass is 329 g/mol. The third-order valence-electron chi connectivity index (χ3n) is 3.47. The first kappa shape index (κ1) is 17.3. The molecule has 1 N–H and O–H groups in total. The van der Waals surface area contributed by atoms with Crippen molar-refractivity contribution < 1.29 is 9.47 Å². The number of hydrogen-bond acceptors (Lipinski definition) is 3. The van der Waals surface area contributed by atoms with Gasteiger partial charge in [-0.05, 0) is 48.4 Å². The minimum atomic E-state index is 0.671. The van der Waals surface area contributed by atoms with Crippen LogP contribution in [0, 0.1) is 0 Å². The van der Waals surface area contributed by atoms with Crippen LogP contribution in [0.2, 0.25) is 0 Å². The number of hydrogen-bond donors (Lipinski definition) is 1. The van der Waals surface area contributed by atoms with Crippen molar-refractivity contribution in [1.29, 1.82) is 0 Å². The Labute approximate surface area is 143 Å². The molecule has 0 fully saturated rings. The van der Waals surface area contributed by atoms with E-state index in [2.05, 4.69) is 12.2 Å². The van der Waals surface area contributed by atoms with Crippen LogP contribution in [-0.2, 0) is 6.54 Å². The molecule has 0 saturated carbocycles. The van der Waals surface area contributed by atoms with Crippen LogP contribution >= 0.6 is 12.2 Å². The zero-order valence-electron chi connectivity index (χ0n) is 13.7. The molecule has 3 nitrogen and oxygen atoms in total. The summed E-state index contributed by atoms with van der Waals surface area (Å²) in [5.74, 6) is 1.74. The molecule has 0 spiro atoms. The molecule has 0 radical (unpaired) electrons. The maximum Gasteiger partial charge on any atom is 0.119 e. The summed E-state index contributed by atoms with van der Waals surface area (Å²) in [6.07, 6.45) is 2.21. The van der Waals surface area contributed by atoms with E-state index in [1.54, 1.807) is 7.11 Å². The Kier molecular flexibility index (Phi) is 6.88. The minimum Gasteiger partial charge on any atom is -0.497 e. The van der Waals surface area contributed by atoms with E-state index in [0.29, 0.717) is 6.54 Å². The first-order valence-electron chi connectivity index (χ1n) is 7.87. The van der Waals surface area contributed by atoms with E-state index in [0.717, 1.165) is 47.1 Å². The summed E-state index contributed by atoms with van der Waals surface area (Å²) in [4.78, 5) is 0.730. The quantitative estimate of drug-likeness (QED) is 0.576. The first-order chi connectivity index (χ1) is 11.2. The van der Waals surface area contributed by atoms with Crippen LogP contribution in [0.3, 0.4) is 0 Å². The molecule has 2 rings (SSSR count). The summed E-state index contributed by atoms with van der Waals surface area (Å²) in [6.45, 7) is 3.58. The molecule has 122 valence electrons. The predicted molar refractivity (Wildman–Crippen MR) is 98.4 cm³/mol. The highest BCUT2D eigenvalue weighted by atomic mass is 32.1. The molecule has 0 saturated heterocycles. The molecule has 4 heteroatoms. The van der Waals surface area contributed by atoms with Crippen molar-refractivity contribution in [1.82, 2.24) is 5.32 Å². The highest BCUT2D eigenvalue weighted by Gasteiger charge is 2.03. The number of rotatable bonds is 8. The first-order valence-corrected chi connectivity index (χ1v) is 8.27. The lowest BCUT2D eigenvalue weighted by Crippen LogP contribution is -2.21. The van der Waals surface area contributed by atoms with Crippen LogP contribution in [0.4, 0.5) is 0 Å².